The van der Waals surface area contributed by atoms with Crippen LogP contribution in [-0.2, 0) is 4.84 Å². The quantitative estimate of drug-likeness (QED) is 0.306. The Morgan fingerprint density at radius 1 is 1.08 bits per heavy atom. The number of H-pyrrole nitrogens is 1. The minimum absolute atomic E-state index is 0.157. The van der Waals surface area contributed by atoms with E-state index in [0.717, 1.165) is 36.6 Å². The van der Waals surface area contributed by atoms with Crippen LogP contribution in [-0.4, -0.2) is 75.5 Å². The van der Waals surface area contributed by atoms with Gasteiger partial charge in [0.25, 0.3) is 5.91 Å². The Labute approximate surface area is 221 Å². The van der Waals surface area contributed by atoms with Gasteiger partial charge in [-0.1, -0.05) is 35.5 Å². The molecular formula is C27H33N9O2. The lowest BCUT2D eigenvalue weighted by Gasteiger charge is -2.15. The van der Waals surface area contributed by atoms with Gasteiger partial charge in [0.1, 0.15) is 17.6 Å². The van der Waals surface area contributed by atoms with Crippen molar-refractivity contribution in [3.05, 3.63) is 59.4 Å². The van der Waals surface area contributed by atoms with Crippen LogP contribution >= 0.6 is 0 Å². The molecule has 11 nitrogen and oxygen atoms in total. The first-order valence-corrected chi connectivity index (χ1v) is 13.4. The van der Waals surface area contributed by atoms with Crippen molar-refractivity contribution >= 4 is 29.2 Å². The minimum Gasteiger partial charge on any atom is -0.390 e. The van der Waals surface area contributed by atoms with Crippen molar-refractivity contribution < 1.29 is 9.63 Å². The van der Waals surface area contributed by atoms with Crippen molar-refractivity contribution in [2.75, 3.05) is 43.4 Å². The average Bonchev–Trinajstić information content (AvgIpc) is 3.30. The number of oxime groups is 1. The SMILES string of the molecule is O=C(NCCN1CCCC1)c1cc(Nc2cc(C3CC3)[nH]n2)nc(NCC2CC(c3ccccc3)=NO2)n1. The first-order valence-electron chi connectivity index (χ1n) is 13.4. The Hall–Kier alpha value is -3.99. The number of rotatable bonds is 11. The van der Waals surface area contributed by atoms with Crippen LogP contribution in [0.3, 0.4) is 0 Å². The molecule has 0 bridgehead atoms. The van der Waals surface area contributed by atoms with E-state index in [1.54, 1.807) is 6.07 Å². The topological polar surface area (TPSA) is 132 Å². The Bertz CT molecular complexity index is 1280. The Morgan fingerprint density at radius 3 is 2.74 bits per heavy atom. The predicted molar refractivity (Wildman–Crippen MR) is 145 cm³/mol. The molecule has 1 aromatic carbocycles. The van der Waals surface area contributed by atoms with Gasteiger partial charge in [0, 0.05) is 43.3 Å². The molecule has 1 saturated carbocycles. The molecule has 2 fully saturated rings. The van der Waals surface area contributed by atoms with Crippen LogP contribution in [0.15, 0.2) is 47.6 Å². The van der Waals surface area contributed by atoms with Crippen LogP contribution in [0.4, 0.5) is 17.6 Å². The first-order chi connectivity index (χ1) is 18.7. The second-order valence-electron chi connectivity index (χ2n) is 10.1. The van der Waals surface area contributed by atoms with Crippen molar-refractivity contribution in [3.63, 3.8) is 0 Å². The van der Waals surface area contributed by atoms with Gasteiger partial charge in [0.05, 0.1) is 12.3 Å². The van der Waals surface area contributed by atoms with Gasteiger partial charge in [0.15, 0.2) is 5.82 Å². The molecule has 4 heterocycles. The number of amides is 1. The van der Waals surface area contributed by atoms with Gasteiger partial charge < -0.3 is 25.7 Å². The van der Waals surface area contributed by atoms with Gasteiger partial charge in [-0.15, -0.1) is 0 Å². The summed E-state index contributed by atoms with van der Waals surface area (Å²) in [5.74, 6) is 1.83. The van der Waals surface area contributed by atoms with Crippen LogP contribution in [0.2, 0.25) is 0 Å². The van der Waals surface area contributed by atoms with Crippen molar-refractivity contribution in [3.8, 4) is 0 Å². The number of nitrogens with one attached hydrogen (secondary N) is 4. The number of likely N-dealkylation sites (tertiary alicyclic amines) is 1. The third-order valence-corrected chi connectivity index (χ3v) is 7.07. The summed E-state index contributed by atoms with van der Waals surface area (Å²) in [6.07, 6.45) is 5.34. The zero-order valence-electron chi connectivity index (χ0n) is 21.3. The van der Waals surface area contributed by atoms with Crippen LogP contribution < -0.4 is 16.0 Å². The Balaban J connectivity index is 1.11. The van der Waals surface area contributed by atoms with E-state index in [4.69, 9.17) is 4.84 Å². The summed E-state index contributed by atoms with van der Waals surface area (Å²) in [6.45, 7) is 4.06. The number of aromatic amines is 1. The number of hydrogen-bond acceptors (Lipinski definition) is 9. The summed E-state index contributed by atoms with van der Waals surface area (Å²) >= 11 is 0. The molecule has 3 aromatic rings. The molecule has 1 atom stereocenters. The molecular weight excluding hydrogens is 482 g/mol. The molecule has 1 aliphatic carbocycles. The second-order valence-corrected chi connectivity index (χ2v) is 10.1. The van der Waals surface area contributed by atoms with E-state index < -0.39 is 0 Å². The largest absolute Gasteiger partial charge is 0.390 e. The molecule has 6 rings (SSSR count). The molecule has 0 spiro atoms. The van der Waals surface area contributed by atoms with Gasteiger partial charge in [-0.05, 0) is 44.3 Å². The number of carbonyl (C=O) groups is 1. The molecule has 1 amide bonds. The molecule has 3 aliphatic rings. The van der Waals surface area contributed by atoms with Gasteiger partial charge in [-0.2, -0.15) is 10.1 Å². The highest BCUT2D eigenvalue weighted by molar-refractivity contribution is 6.01. The maximum absolute atomic E-state index is 13.0. The third-order valence-electron chi connectivity index (χ3n) is 7.07. The van der Waals surface area contributed by atoms with Gasteiger partial charge in [-0.3, -0.25) is 9.89 Å². The van der Waals surface area contributed by atoms with E-state index in [9.17, 15) is 4.79 Å². The molecule has 0 radical (unpaired) electrons. The van der Waals surface area contributed by atoms with Crippen molar-refractivity contribution in [1.82, 2.24) is 30.4 Å². The fourth-order valence-electron chi connectivity index (χ4n) is 4.81. The summed E-state index contributed by atoms with van der Waals surface area (Å²) in [6, 6.07) is 13.7. The van der Waals surface area contributed by atoms with Crippen LogP contribution in [0.25, 0.3) is 0 Å². The lowest BCUT2D eigenvalue weighted by Crippen LogP contribution is -2.34. The number of nitrogens with zero attached hydrogens (tertiary/aromatic N) is 5. The number of aromatic nitrogens is 4. The van der Waals surface area contributed by atoms with Crippen molar-refractivity contribution in [2.45, 2.75) is 44.1 Å². The van der Waals surface area contributed by atoms with Crippen LogP contribution in [0, 0.1) is 0 Å². The molecule has 198 valence electrons. The molecule has 2 aromatic heterocycles. The van der Waals surface area contributed by atoms with Crippen LogP contribution in [0.1, 0.15) is 59.8 Å². The standard InChI is InChI=1S/C27H33N9O2/c37-26(28-10-13-36-11-4-5-12-36)23-16-24(31-25-15-21(33-34-25)19-8-9-19)32-27(30-23)29-17-20-14-22(35-38-20)18-6-2-1-3-7-18/h1-3,6-7,15-16,19-20H,4-5,8-14,17H2,(H,28,37)(H3,29,30,31,32,33,34). The number of hydrogen-bond donors (Lipinski definition) is 4. The van der Waals surface area contributed by atoms with Crippen LogP contribution in [0.5, 0.6) is 0 Å². The summed E-state index contributed by atoms with van der Waals surface area (Å²) < 4.78 is 0. The maximum Gasteiger partial charge on any atom is 0.270 e. The van der Waals surface area contributed by atoms with E-state index in [-0.39, 0.29) is 17.7 Å². The fraction of sp³-hybridized carbons (Fsp3) is 0.444. The molecule has 11 heteroatoms. The van der Waals surface area contributed by atoms with Gasteiger partial charge in [0.2, 0.25) is 5.95 Å². The van der Waals surface area contributed by atoms with Crippen molar-refractivity contribution in [1.29, 1.82) is 0 Å². The fourth-order valence-corrected chi connectivity index (χ4v) is 4.81. The third kappa shape index (κ3) is 6.10. The molecule has 1 unspecified atom stereocenters. The van der Waals surface area contributed by atoms with E-state index >= 15 is 0 Å². The lowest BCUT2D eigenvalue weighted by atomic mass is 10.1. The number of benzene rings is 1. The van der Waals surface area contributed by atoms with Crippen molar-refractivity contribution in [2.24, 2.45) is 5.16 Å². The normalized spacial score (nSPS) is 19.2. The highest BCUT2D eigenvalue weighted by Crippen LogP contribution is 2.39. The second kappa shape index (κ2) is 11.2. The summed E-state index contributed by atoms with van der Waals surface area (Å²) in [5.41, 5.74) is 3.37. The smallest absolute Gasteiger partial charge is 0.270 e. The summed E-state index contributed by atoms with van der Waals surface area (Å²) in [5, 5.41) is 21.2. The van der Waals surface area contributed by atoms with Gasteiger partial charge in [-0.25, -0.2) is 4.98 Å². The lowest BCUT2D eigenvalue weighted by molar-refractivity contribution is 0.0944. The highest BCUT2D eigenvalue weighted by atomic mass is 16.6. The Kier molecular flexibility index (Phi) is 7.16. The molecule has 38 heavy (non-hydrogen) atoms. The number of anilines is 3. The molecule has 1 saturated heterocycles. The predicted octanol–water partition coefficient (Wildman–Crippen LogP) is 3.25. The minimum atomic E-state index is -0.231. The monoisotopic (exact) mass is 515 g/mol. The molecule has 2 aliphatic heterocycles. The maximum atomic E-state index is 13.0. The Morgan fingerprint density at radius 2 is 1.92 bits per heavy atom. The summed E-state index contributed by atoms with van der Waals surface area (Å²) in [7, 11) is 0. The highest BCUT2D eigenvalue weighted by Gasteiger charge is 2.26. The molecule has 4 N–H and O–H groups in total. The average molecular weight is 516 g/mol. The van der Waals surface area contributed by atoms with E-state index in [0.29, 0.717) is 43.0 Å². The van der Waals surface area contributed by atoms with E-state index in [2.05, 4.69) is 46.2 Å². The zero-order valence-corrected chi connectivity index (χ0v) is 21.3. The zero-order chi connectivity index (χ0) is 25.7. The summed E-state index contributed by atoms with van der Waals surface area (Å²) in [4.78, 5) is 30.1. The van der Waals surface area contributed by atoms with E-state index in [1.807, 2.05) is 36.4 Å². The van der Waals surface area contributed by atoms with E-state index in [1.165, 1.54) is 25.7 Å². The van der Waals surface area contributed by atoms with Gasteiger partial charge >= 0.3 is 0 Å². The first kappa shape index (κ1) is 24.4. The number of carbonyl (C=O) groups excluding carboxylic acids is 1.